The minimum absolute atomic E-state index is 0.620. The van der Waals surface area contributed by atoms with Crippen LogP contribution in [0.25, 0.3) is 0 Å². The van der Waals surface area contributed by atoms with Gasteiger partial charge in [-0.05, 0) is 23.6 Å². The van der Waals surface area contributed by atoms with Crippen molar-refractivity contribution >= 4 is 17.3 Å². The first-order valence-electron chi connectivity index (χ1n) is 6.28. The van der Waals surface area contributed by atoms with E-state index >= 15 is 0 Å². The first kappa shape index (κ1) is 15.3. The Kier molecular flexibility index (Phi) is 6.47. The third-order valence-electron chi connectivity index (χ3n) is 2.71. The number of nitrogens with two attached hydrogens (primary N) is 1. The lowest BCUT2D eigenvalue weighted by atomic mass is 10.1. The van der Waals surface area contributed by atoms with E-state index in [0.29, 0.717) is 11.6 Å². The first-order valence-corrected chi connectivity index (χ1v) is 6.66. The van der Waals surface area contributed by atoms with Crippen molar-refractivity contribution in [3.63, 3.8) is 0 Å². The van der Waals surface area contributed by atoms with E-state index in [-0.39, 0.29) is 0 Å². The summed E-state index contributed by atoms with van der Waals surface area (Å²) in [5, 5.41) is 0.737. The number of benzene rings is 1. The van der Waals surface area contributed by atoms with E-state index < -0.39 is 0 Å². The average molecular weight is 271 g/mol. The molecule has 2 N–H and O–H groups in total. The summed E-state index contributed by atoms with van der Waals surface area (Å²) in [6, 6.07) is 5.70. The van der Waals surface area contributed by atoms with E-state index in [1.807, 2.05) is 12.1 Å². The van der Waals surface area contributed by atoms with E-state index in [1.165, 1.54) is 0 Å². The van der Waals surface area contributed by atoms with E-state index in [9.17, 15) is 0 Å². The maximum Gasteiger partial charge on any atom is 0.0589 e. The highest BCUT2D eigenvalue weighted by Crippen LogP contribution is 2.21. The molecule has 4 heteroatoms. The molecule has 0 fully saturated rings. The van der Waals surface area contributed by atoms with E-state index in [1.54, 1.807) is 13.2 Å². The zero-order valence-corrected chi connectivity index (χ0v) is 12.2. The molecule has 18 heavy (non-hydrogen) atoms. The molecule has 0 spiro atoms. The van der Waals surface area contributed by atoms with Gasteiger partial charge in [-0.25, -0.2) is 0 Å². The Hall–Kier alpha value is -0.770. The highest BCUT2D eigenvalue weighted by molar-refractivity contribution is 6.31. The topological polar surface area (TPSA) is 38.5 Å². The predicted octanol–water partition coefficient (Wildman–Crippen LogP) is 3.03. The molecular weight excluding hydrogens is 248 g/mol. The molecule has 102 valence electrons. The second-order valence-electron chi connectivity index (χ2n) is 4.97. The van der Waals surface area contributed by atoms with Crippen LogP contribution >= 0.6 is 11.6 Å². The number of hydrogen-bond donors (Lipinski definition) is 1. The third kappa shape index (κ3) is 5.25. The maximum absolute atomic E-state index is 6.21. The number of nitrogen functional groups attached to an aromatic ring is 1. The van der Waals surface area contributed by atoms with Gasteiger partial charge in [0.2, 0.25) is 0 Å². The quantitative estimate of drug-likeness (QED) is 0.774. The number of methoxy groups -OCH3 is 1. The molecular formula is C14H23ClN2O. The Labute approximate surface area is 115 Å². The molecule has 0 aliphatic carbocycles. The summed E-state index contributed by atoms with van der Waals surface area (Å²) in [7, 11) is 1.73. The van der Waals surface area contributed by atoms with Gasteiger partial charge in [0.25, 0.3) is 0 Å². The number of rotatable bonds is 7. The molecule has 1 aromatic rings. The minimum atomic E-state index is 0.620. The molecule has 1 rings (SSSR count). The molecule has 0 amide bonds. The molecule has 0 bridgehead atoms. The molecule has 0 aliphatic rings. The summed E-state index contributed by atoms with van der Waals surface area (Å²) in [6.07, 6.45) is 0. The lowest BCUT2D eigenvalue weighted by Gasteiger charge is -2.24. The molecule has 0 aliphatic heterocycles. The molecule has 0 radical (unpaired) electrons. The van der Waals surface area contributed by atoms with Gasteiger partial charge in [0.05, 0.1) is 6.61 Å². The van der Waals surface area contributed by atoms with Crippen molar-refractivity contribution in [2.75, 3.05) is 32.5 Å². The van der Waals surface area contributed by atoms with Crippen LogP contribution in [0.4, 0.5) is 5.69 Å². The molecule has 0 unspecified atom stereocenters. The highest BCUT2D eigenvalue weighted by Gasteiger charge is 2.10. The van der Waals surface area contributed by atoms with Crippen LogP contribution in [0.3, 0.4) is 0 Å². The number of halogens is 1. The van der Waals surface area contributed by atoms with Crippen LogP contribution in [-0.2, 0) is 11.3 Å². The van der Waals surface area contributed by atoms with Crippen LogP contribution in [-0.4, -0.2) is 31.7 Å². The Bertz CT molecular complexity index is 369. The highest BCUT2D eigenvalue weighted by atomic mass is 35.5. The summed E-state index contributed by atoms with van der Waals surface area (Å²) < 4.78 is 5.15. The monoisotopic (exact) mass is 270 g/mol. The summed E-state index contributed by atoms with van der Waals surface area (Å²) in [5.41, 5.74) is 7.52. The van der Waals surface area contributed by atoms with Crippen LogP contribution < -0.4 is 5.73 Å². The molecule has 0 saturated heterocycles. The predicted molar refractivity (Wildman–Crippen MR) is 77.9 cm³/mol. The van der Waals surface area contributed by atoms with Gasteiger partial charge < -0.3 is 10.5 Å². The maximum atomic E-state index is 6.21. The van der Waals surface area contributed by atoms with Gasteiger partial charge in [0.1, 0.15) is 0 Å². The average Bonchev–Trinajstić information content (AvgIpc) is 2.29. The van der Waals surface area contributed by atoms with Gasteiger partial charge in [-0.1, -0.05) is 31.5 Å². The fraction of sp³-hybridized carbons (Fsp3) is 0.571. The van der Waals surface area contributed by atoms with Gasteiger partial charge in [-0.3, -0.25) is 4.90 Å². The van der Waals surface area contributed by atoms with Gasteiger partial charge in [0.15, 0.2) is 0 Å². The fourth-order valence-corrected chi connectivity index (χ4v) is 2.15. The largest absolute Gasteiger partial charge is 0.399 e. The number of hydrogen-bond acceptors (Lipinski definition) is 3. The Morgan fingerprint density at radius 1 is 1.39 bits per heavy atom. The molecule has 0 saturated carbocycles. The first-order chi connectivity index (χ1) is 8.52. The number of nitrogens with zero attached hydrogens (tertiary/aromatic N) is 1. The summed E-state index contributed by atoms with van der Waals surface area (Å²) in [5.74, 6) is 0.620. The van der Waals surface area contributed by atoms with Crippen molar-refractivity contribution in [2.45, 2.75) is 20.4 Å². The molecule has 1 aromatic carbocycles. The van der Waals surface area contributed by atoms with Gasteiger partial charge in [-0.2, -0.15) is 0 Å². The second-order valence-corrected chi connectivity index (χ2v) is 5.38. The molecule has 3 nitrogen and oxygen atoms in total. The van der Waals surface area contributed by atoms with Gasteiger partial charge in [0, 0.05) is 37.5 Å². The van der Waals surface area contributed by atoms with E-state index in [4.69, 9.17) is 22.1 Å². The lowest BCUT2D eigenvalue weighted by Crippen LogP contribution is -2.30. The molecule has 0 atom stereocenters. The zero-order valence-electron chi connectivity index (χ0n) is 11.4. The van der Waals surface area contributed by atoms with E-state index in [0.717, 1.165) is 36.8 Å². The third-order valence-corrected chi connectivity index (χ3v) is 3.06. The Morgan fingerprint density at radius 2 is 2.11 bits per heavy atom. The van der Waals surface area contributed by atoms with Crippen molar-refractivity contribution in [2.24, 2.45) is 5.92 Å². The number of anilines is 1. The van der Waals surface area contributed by atoms with Crippen molar-refractivity contribution < 1.29 is 4.74 Å². The Morgan fingerprint density at radius 3 is 2.67 bits per heavy atom. The SMILES string of the molecule is COCCN(Cc1ccc(N)cc1Cl)CC(C)C. The van der Waals surface area contributed by atoms with Crippen molar-refractivity contribution in [1.29, 1.82) is 0 Å². The van der Waals surface area contributed by atoms with Crippen molar-refractivity contribution in [1.82, 2.24) is 4.90 Å². The van der Waals surface area contributed by atoms with Crippen LogP contribution in [0.2, 0.25) is 5.02 Å². The fourth-order valence-electron chi connectivity index (χ4n) is 1.90. The van der Waals surface area contributed by atoms with Crippen LogP contribution in [0.1, 0.15) is 19.4 Å². The van der Waals surface area contributed by atoms with Crippen molar-refractivity contribution in [3.05, 3.63) is 28.8 Å². The second kappa shape index (κ2) is 7.62. The normalized spacial score (nSPS) is 11.4. The van der Waals surface area contributed by atoms with Crippen LogP contribution in [0.15, 0.2) is 18.2 Å². The number of ether oxygens (including phenoxy) is 1. The van der Waals surface area contributed by atoms with Crippen LogP contribution in [0, 0.1) is 5.92 Å². The van der Waals surface area contributed by atoms with E-state index in [2.05, 4.69) is 18.7 Å². The molecule has 0 aromatic heterocycles. The summed E-state index contributed by atoms with van der Waals surface area (Å²) >= 11 is 6.21. The lowest BCUT2D eigenvalue weighted by molar-refractivity contribution is 0.136. The smallest absolute Gasteiger partial charge is 0.0589 e. The van der Waals surface area contributed by atoms with Gasteiger partial charge in [-0.15, -0.1) is 0 Å². The zero-order chi connectivity index (χ0) is 13.5. The molecule has 0 heterocycles. The minimum Gasteiger partial charge on any atom is -0.399 e. The van der Waals surface area contributed by atoms with Gasteiger partial charge >= 0.3 is 0 Å². The van der Waals surface area contributed by atoms with Crippen molar-refractivity contribution in [3.8, 4) is 0 Å². The van der Waals surface area contributed by atoms with Crippen LogP contribution in [0.5, 0.6) is 0 Å². The summed E-state index contributed by atoms with van der Waals surface area (Å²) in [6.45, 7) is 7.94. The summed E-state index contributed by atoms with van der Waals surface area (Å²) in [4.78, 5) is 2.35. The standard InChI is InChI=1S/C14H23ClN2O/c1-11(2)9-17(6-7-18-3)10-12-4-5-13(16)8-14(12)15/h4-5,8,11H,6-7,9-10,16H2,1-3H3. The Balaban J connectivity index is 2.68.